The first kappa shape index (κ1) is 16.2. The Bertz CT molecular complexity index is 360. The van der Waals surface area contributed by atoms with Gasteiger partial charge >= 0.3 is 0 Å². The van der Waals surface area contributed by atoms with Gasteiger partial charge in [-0.15, -0.1) is 0 Å². The SMILES string of the molecule is CC.Cc1ccc(C2(CN(C)C(C)C)CCC2)cc1. The highest BCUT2D eigenvalue weighted by Crippen LogP contribution is 2.44. The fourth-order valence-electron chi connectivity index (χ4n) is 2.71. The molecule has 1 fully saturated rings. The van der Waals surface area contributed by atoms with Crippen LogP contribution in [0.3, 0.4) is 0 Å². The van der Waals surface area contributed by atoms with Crippen molar-refractivity contribution in [1.29, 1.82) is 0 Å². The van der Waals surface area contributed by atoms with Gasteiger partial charge in [-0.25, -0.2) is 0 Å². The largest absolute Gasteiger partial charge is 0.303 e. The highest BCUT2D eigenvalue weighted by Gasteiger charge is 2.39. The summed E-state index contributed by atoms with van der Waals surface area (Å²) in [5.41, 5.74) is 3.34. The normalized spacial score (nSPS) is 16.8. The van der Waals surface area contributed by atoms with E-state index in [0.29, 0.717) is 11.5 Å². The molecule has 19 heavy (non-hydrogen) atoms. The molecule has 0 aliphatic heterocycles. The number of rotatable bonds is 4. The van der Waals surface area contributed by atoms with Gasteiger partial charge in [0.15, 0.2) is 0 Å². The van der Waals surface area contributed by atoms with E-state index in [-0.39, 0.29) is 0 Å². The molecule has 0 bridgehead atoms. The molecule has 1 aromatic carbocycles. The van der Waals surface area contributed by atoms with Crippen LogP contribution in [0.15, 0.2) is 24.3 Å². The van der Waals surface area contributed by atoms with Crippen LogP contribution in [-0.2, 0) is 5.41 Å². The van der Waals surface area contributed by atoms with Crippen molar-refractivity contribution in [3.8, 4) is 0 Å². The van der Waals surface area contributed by atoms with E-state index in [0.717, 1.165) is 0 Å². The first-order valence-corrected chi connectivity index (χ1v) is 7.81. The average Bonchev–Trinajstić information content (AvgIpc) is 2.37. The number of aryl methyl sites for hydroxylation is 1. The van der Waals surface area contributed by atoms with Gasteiger partial charge in [0.25, 0.3) is 0 Å². The van der Waals surface area contributed by atoms with Crippen molar-refractivity contribution in [3.63, 3.8) is 0 Å². The fourth-order valence-corrected chi connectivity index (χ4v) is 2.71. The van der Waals surface area contributed by atoms with Crippen LogP contribution in [0.2, 0.25) is 0 Å². The summed E-state index contributed by atoms with van der Waals surface area (Å²) >= 11 is 0. The Kier molecular flexibility index (Phi) is 6.06. The van der Waals surface area contributed by atoms with Crippen molar-refractivity contribution in [2.45, 2.75) is 65.3 Å². The molecule has 0 spiro atoms. The second kappa shape index (κ2) is 7.09. The van der Waals surface area contributed by atoms with E-state index in [4.69, 9.17) is 0 Å². The van der Waals surface area contributed by atoms with E-state index in [2.05, 4.69) is 57.0 Å². The summed E-state index contributed by atoms with van der Waals surface area (Å²) in [5.74, 6) is 0. The highest BCUT2D eigenvalue weighted by molar-refractivity contribution is 5.31. The molecule has 0 heterocycles. The number of likely N-dealkylation sites (N-methyl/N-ethyl adjacent to an activating group) is 1. The lowest BCUT2D eigenvalue weighted by Gasteiger charge is -2.46. The van der Waals surface area contributed by atoms with Gasteiger partial charge in [0.1, 0.15) is 0 Å². The number of hydrogen-bond donors (Lipinski definition) is 0. The van der Waals surface area contributed by atoms with E-state index in [1.54, 1.807) is 5.56 Å². The number of hydrogen-bond acceptors (Lipinski definition) is 1. The predicted octanol–water partition coefficient (Wildman–Crippen LogP) is 4.78. The Morgan fingerprint density at radius 2 is 1.63 bits per heavy atom. The molecule has 0 unspecified atom stereocenters. The highest BCUT2D eigenvalue weighted by atomic mass is 15.1. The second-order valence-corrected chi connectivity index (χ2v) is 6.01. The first-order chi connectivity index (χ1) is 9.03. The molecular formula is C18H31N. The molecule has 0 atom stereocenters. The maximum atomic E-state index is 2.49. The molecule has 0 N–H and O–H groups in total. The third-order valence-corrected chi connectivity index (χ3v) is 4.41. The molecule has 0 saturated heterocycles. The maximum Gasteiger partial charge on any atom is 0.00803 e. The summed E-state index contributed by atoms with van der Waals surface area (Å²) in [6.45, 7) is 11.9. The Morgan fingerprint density at radius 1 is 1.11 bits per heavy atom. The Balaban J connectivity index is 0.000000861. The molecule has 1 saturated carbocycles. The molecule has 1 heteroatoms. The predicted molar refractivity (Wildman–Crippen MR) is 85.8 cm³/mol. The van der Waals surface area contributed by atoms with Crippen LogP contribution in [0.5, 0.6) is 0 Å². The standard InChI is InChI=1S/C16H25N.C2H6/c1-13(2)17(4)12-16(10-5-11-16)15-8-6-14(3)7-9-15;1-2/h6-9,13H,5,10-12H2,1-4H3;1-2H3. The smallest absolute Gasteiger partial charge is 0.00803 e. The van der Waals surface area contributed by atoms with Crippen LogP contribution in [0.25, 0.3) is 0 Å². The molecule has 1 aliphatic rings. The monoisotopic (exact) mass is 261 g/mol. The van der Waals surface area contributed by atoms with Crippen molar-refractivity contribution in [2.75, 3.05) is 13.6 Å². The first-order valence-electron chi connectivity index (χ1n) is 7.81. The van der Waals surface area contributed by atoms with Gasteiger partial charge in [-0.3, -0.25) is 0 Å². The van der Waals surface area contributed by atoms with Crippen molar-refractivity contribution in [1.82, 2.24) is 4.90 Å². The summed E-state index contributed by atoms with van der Waals surface area (Å²) in [6.07, 6.45) is 4.10. The minimum Gasteiger partial charge on any atom is -0.303 e. The molecule has 1 aliphatic carbocycles. The molecule has 1 nitrogen and oxygen atoms in total. The van der Waals surface area contributed by atoms with E-state index < -0.39 is 0 Å². The van der Waals surface area contributed by atoms with Crippen LogP contribution in [0.4, 0.5) is 0 Å². The van der Waals surface area contributed by atoms with Crippen molar-refractivity contribution in [2.24, 2.45) is 0 Å². The van der Waals surface area contributed by atoms with Gasteiger partial charge in [0.2, 0.25) is 0 Å². The molecule has 1 aromatic rings. The van der Waals surface area contributed by atoms with Gasteiger partial charge < -0.3 is 4.90 Å². The van der Waals surface area contributed by atoms with E-state index in [9.17, 15) is 0 Å². The van der Waals surface area contributed by atoms with E-state index >= 15 is 0 Å². The van der Waals surface area contributed by atoms with Crippen molar-refractivity contribution >= 4 is 0 Å². The molecule has 0 amide bonds. The van der Waals surface area contributed by atoms with Crippen molar-refractivity contribution < 1.29 is 0 Å². The lowest BCUT2D eigenvalue weighted by atomic mass is 9.64. The zero-order valence-electron chi connectivity index (χ0n) is 13.7. The van der Waals surface area contributed by atoms with E-state index in [1.807, 2.05) is 13.8 Å². The summed E-state index contributed by atoms with van der Waals surface area (Å²) in [7, 11) is 2.25. The Hall–Kier alpha value is -0.820. The molecule has 0 radical (unpaired) electrons. The molecular weight excluding hydrogens is 230 g/mol. The van der Waals surface area contributed by atoms with Crippen molar-refractivity contribution in [3.05, 3.63) is 35.4 Å². The molecule has 0 aromatic heterocycles. The quantitative estimate of drug-likeness (QED) is 0.753. The van der Waals surface area contributed by atoms with Crippen LogP contribution >= 0.6 is 0 Å². The zero-order valence-corrected chi connectivity index (χ0v) is 13.7. The number of benzene rings is 1. The van der Waals surface area contributed by atoms with Gasteiger partial charge in [0.05, 0.1) is 0 Å². The third-order valence-electron chi connectivity index (χ3n) is 4.41. The second-order valence-electron chi connectivity index (χ2n) is 6.01. The van der Waals surface area contributed by atoms with Gasteiger partial charge in [-0.2, -0.15) is 0 Å². The van der Waals surface area contributed by atoms with Gasteiger partial charge in [-0.05, 0) is 46.2 Å². The van der Waals surface area contributed by atoms with Crippen LogP contribution < -0.4 is 0 Å². The molecule has 108 valence electrons. The van der Waals surface area contributed by atoms with Crippen LogP contribution in [0, 0.1) is 6.92 Å². The zero-order chi connectivity index (χ0) is 14.5. The lowest BCUT2D eigenvalue weighted by Crippen LogP contribution is -2.46. The summed E-state index contributed by atoms with van der Waals surface area (Å²) in [4.78, 5) is 2.49. The lowest BCUT2D eigenvalue weighted by molar-refractivity contribution is 0.138. The Labute approximate surface area is 120 Å². The topological polar surface area (TPSA) is 3.24 Å². The minimum absolute atomic E-state index is 0.437. The van der Waals surface area contributed by atoms with Crippen LogP contribution in [0.1, 0.15) is 58.1 Å². The maximum absolute atomic E-state index is 2.49. The number of nitrogens with zero attached hydrogens (tertiary/aromatic N) is 1. The Morgan fingerprint density at radius 3 is 2.00 bits per heavy atom. The summed E-state index contributed by atoms with van der Waals surface area (Å²) < 4.78 is 0. The average molecular weight is 261 g/mol. The summed E-state index contributed by atoms with van der Waals surface area (Å²) in [5, 5.41) is 0. The fraction of sp³-hybridized carbons (Fsp3) is 0.667. The third kappa shape index (κ3) is 3.82. The van der Waals surface area contributed by atoms with Gasteiger partial charge in [-0.1, -0.05) is 50.1 Å². The van der Waals surface area contributed by atoms with Gasteiger partial charge in [0, 0.05) is 18.0 Å². The minimum atomic E-state index is 0.437. The molecule has 2 rings (SSSR count). The van der Waals surface area contributed by atoms with Crippen LogP contribution in [-0.4, -0.2) is 24.5 Å². The van der Waals surface area contributed by atoms with E-state index in [1.165, 1.54) is 31.4 Å². The summed E-state index contributed by atoms with van der Waals surface area (Å²) in [6, 6.07) is 9.82.